The minimum atomic E-state index is -0.271. The lowest BCUT2D eigenvalue weighted by molar-refractivity contribution is -0.133. The van der Waals surface area contributed by atoms with Crippen molar-refractivity contribution in [3.63, 3.8) is 0 Å². The summed E-state index contributed by atoms with van der Waals surface area (Å²) in [5, 5.41) is 0. The van der Waals surface area contributed by atoms with E-state index in [0.29, 0.717) is 31.7 Å². The molecule has 0 saturated carbocycles. The van der Waals surface area contributed by atoms with Crippen LogP contribution in [0.15, 0.2) is 79.0 Å². The first-order chi connectivity index (χ1) is 14.6. The molecular formula is C25H25N3O2. The standard InChI is InChI=1S/C25H25N3O2/c1-27-15-16-28(25(30)23-9-5-6-14-26-23)18-22(24(27)29)17-19-10-12-21(13-11-19)20-7-3-2-4-8-20/h2-14,22H,15-18H2,1H3. The zero-order valence-electron chi connectivity index (χ0n) is 17.1. The van der Waals surface area contributed by atoms with Gasteiger partial charge in [-0.3, -0.25) is 14.6 Å². The smallest absolute Gasteiger partial charge is 0.272 e. The largest absolute Gasteiger partial charge is 0.344 e. The number of benzene rings is 2. The number of aromatic nitrogens is 1. The van der Waals surface area contributed by atoms with Crippen molar-refractivity contribution in [2.75, 3.05) is 26.7 Å². The van der Waals surface area contributed by atoms with Gasteiger partial charge in [-0.05, 0) is 35.2 Å². The van der Waals surface area contributed by atoms with E-state index < -0.39 is 0 Å². The lowest BCUT2D eigenvalue weighted by Gasteiger charge is -2.23. The number of nitrogens with zero attached hydrogens (tertiary/aromatic N) is 3. The van der Waals surface area contributed by atoms with Crippen LogP contribution in [-0.2, 0) is 11.2 Å². The van der Waals surface area contributed by atoms with Crippen LogP contribution in [0.4, 0.5) is 0 Å². The average molecular weight is 399 g/mol. The number of hydrogen-bond acceptors (Lipinski definition) is 3. The van der Waals surface area contributed by atoms with Crippen molar-refractivity contribution in [3.8, 4) is 11.1 Å². The Morgan fingerprint density at radius 2 is 1.63 bits per heavy atom. The van der Waals surface area contributed by atoms with Crippen molar-refractivity contribution in [2.24, 2.45) is 5.92 Å². The quantitative estimate of drug-likeness (QED) is 0.675. The van der Waals surface area contributed by atoms with E-state index in [1.165, 1.54) is 5.56 Å². The molecule has 1 aliphatic heterocycles. The van der Waals surface area contributed by atoms with Crippen LogP contribution in [0.25, 0.3) is 11.1 Å². The van der Waals surface area contributed by atoms with Gasteiger partial charge in [-0.15, -0.1) is 0 Å². The van der Waals surface area contributed by atoms with Gasteiger partial charge in [0.15, 0.2) is 0 Å². The van der Waals surface area contributed by atoms with E-state index in [4.69, 9.17) is 0 Å². The van der Waals surface area contributed by atoms with Crippen molar-refractivity contribution >= 4 is 11.8 Å². The summed E-state index contributed by atoms with van der Waals surface area (Å²) >= 11 is 0. The van der Waals surface area contributed by atoms with Crippen LogP contribution >= 0.6 is 0 Å². The van der Waals surface area contributed by atoms with E-state index >= 15 is 0 Å². The molecule has 2 amide bonds. The summed E-state index contributed by atoms with van der Waals surface area (Å²) in [6.07, 6.45) is 2.22. The Morgan fingerprint density at radius 3 is 2.33 bits per heavy atom. The Labute approximate surface area is 177 Å². The van der Waals surface area contributed by atoms with Crippen LogP contribution in [0.2, 0.25) is 0 Å². The van der Waals surface area contributed by atoms with Crippen molar-refractivity contribution in [1.29, 1.82) is 0 Å². The number of carbonyl (C=O) groups excluding carboxylic acids is 2. The number of hydrogen-bond donors (Lipinski definition) is 0. The highest BCUT2D eigenvalue weighted by molar-refractivity contribution is 5.93. The maximum absolute atomic E-state index is 12.9. The van der Waals surface area contributed by atoms with E-state index in [2.05, 4.69) is 41.4 Å². The molecule has 0 radical (unpaired) electrons. The molecule has 152 valence electrons. The topological polar surface area (TPSA) is 53.5 Å². The van der Waals surface area contributed by atoms with Crippen molar-refractivity contribution in [3.05, 3.63) is 90.3 Å². The van der Waals surface area contributed by atoms with Gasteiger partial charge >= 0.3 is 0 Å². The van der Waals surface area contributed by atoms with Crippen LogP contribution in [-0.4, -0.2) is 53.3 Å². The molecule has 30 heavy (non-hydrogen) atoms. The van der Waals surface area contributed by atoms with E-state index in [9.17, 15) is 9.59 Å². The summed E-state index contributed by atoms with van der Waals surface area (Å²) in [5.41, 5.74) is 3.83. The Hall–Kier alpha value is -3.47. The molecule has 2 heterocycles. The molecule has 1 atom stereocenters. The lowest BCUT2D eigenvalue weighted by atomic mass is 9.95. The molecule has 0 bridgehead atoms. The summed E-state index contributed by atoms with van der Waals surface area (Å²) < 4.78 is 0. The van der Waals surface area contributed by atoms with Crippen LogP contribution in [0.5, 0.6) is 0 Å². The van der Waals surface area contributed by atoms with Gasteiger partial charge in [0.2, 0.25) is 5.91 Å². The first-order valence-corrected chi connectivity index (χ1v) is 10.2. The van der Waals surface area contributed by atoms with Crippen molar-refractivity contribution < 1.29 is 9.59 Å². The first-order valence-electron chi connectivity index (χ1n) is 10.2. The van der Waals surface area contributed by atoms with Crippen LogP contribution < -0.4 is 0 Å². The van der Waals surface area contributed by atoms with E-state index in [-0.39, 0.29) is 17.7 Å². The molecule has 5 nitrogen and oxygen atoms in total. The predicted octanol–water partition coefficient (Wildman–Crippen LogP) is 3.52. The van der Waals surface area contributed by atoms with E-state index in [1.807, 2.05) is 25.2 Å². The second-order valence-electron chi connectivity index (χ2n) is 7.69. The molecule has 1 fully saturated rings. The molecule has 4 rings (SSSR count). The third-order valence-electron chi connectivity index (χ3n) is 5.59. The molecule has 3 aromatic rings. The predicted molar refractivity (Wildman–Crippen MR) is 117 cm³/mol. The molecule has 0 N–H and O–H groups in total. The summed E-state index contributed by atoms with van der Waals surface area (Å²) in [6.45, 7) is 1.45. The Bertz CT molecular complexity index is 1000. The maximum Gasteiger partial charge on any atom is 0.272 e. The first kappa shape index (κ1) is 19.8. The molecule has 1 unspecified atom stereocenters. The second-order valence-corrected chi connectivity index (χ2v) is 7.69. The van der Waals surface area contributed by atoms with Crippen LogP contribution in [0.3, 0.4) is 0 Å². The van der Waals surface area contributed by atoms with E-state index in [0.717, 1.165) is 11.1 Å². The Balaban J connectivity index is 1.51. The third-order valence-corrected chi connectivity index (χ3v) is 5.59. The number of amides is 2. The number of rotatable bonds is 4. The van der Waals surface area contributed by atoms with Gasteiger partial charge in [0.05, 0.1) is 5.92 Å². The second kappa shape index (κ2) is 8.91. The number of carbonyl (C=O) groups is 2. The molecule has 0 spiro atoms. The molecule has 1 aliphatic rings. The summed E-state index contributed by atoms with van der Waals surface area (Å²) in [7, 11) is 1.81. The monoisotopic (exact) mass is 399 g/mol. The van der Waals surface area contributed by atoms with Crippen LogP contribution in [0.1, 0.15) is 16.1 Å². The van der Waals surface area contributed by atoms with Crippen molar-refractivity contribution in [1.82, 2.24) is 14.8 Å². The zero-order chi connectivity index (χ0) is 20.9. The fraction of sp³-hybridized carbons (Fsp3) is 0.240. The summed E-state index contributed by atoms with van der Waals surface area (Å²) in [5.74, 6) is -0.311. The maximum atomic E-state index is 12.9. The van der Waals surface area contributed by atoms with Gasteiger partial charge in [-0.2, -0.15) is 0 Å². The minimum absolute atomic E-state index is 0.0819. The number of pyridine rings is 1. The molecule has 0 aliphatic carbocycles. The van der Waals surface area contributed by atoms with Gasteiger partial charge in [-0.25, -0.2) is 0 Å². The Morgan fingerprint density at radius 1 is 0.933 bits per heavy atom. The van der Waals surface area contributed by atoms with Crippen LogP contribution in [0, 0.1) is 5.92 Å². The molecule has 1 saturated heterocycles. The SMILES string of the molecule is CN1CCN(C(=O)c2ccccn2)CC(Cc2ccc(-c3ccccc3)cc2)C1=O. The fourth-order valence-electron chi connectivity index (χ4n) is 3.86. The average Bonchev–Trinajstić information content (AvgIpc) is 2.94. The molecule has 1 aromatic heterocycles. The minimum Gasteiger partial charge on any atom is -0.344 e. The number of likely N-dealkylation sites (N-methyl/N-ethyl adjacent to an activating group) is 1. The summed E-state index contributed by atoms with van der Waals surface area (Å²) in [6, 6.07) is 23.9. The van der Waals surface area contributed by atoms with Gasteiger partial charge in [0.1, 0.15) is 5.69 Å². The van der Waals surface area contributed by atoms with Gasteiger partial charge in [-0.1, -0.05) is 60.7 Å². The van der Waals surface area contributed by atoms with Gasteiger partial charge in [0, 0.05) is 32.9 Å². The van der Waals surface area contributed by atoms with Gasteiger partial charge < -0.3 is 9.80 Å². The Kier molecular flexibility index (Phi) is 5.89. The lowest BCUT2D eigenvalue weighted by Crippen LogP contribution is -2.37. The molecular weight excluding hydrogens is 374 g/mol. The third kappa shape index (κ3) is 4.40. The highest BCUT2D eigenvalue weighted by atomic mass is 16.2. The molecule has 5 heteroatoms. The van der Waals surface area contributed by atoms with E-state index in [1.54, 1.807) is 34.2 Å². The van der Waals surface area contributed by atoms with Crippen molar-refractivity contribution in [2.45, 2.75) is 6.42 Å². The van der Waals surface area contributed by atoms with Gasteiger partial charge in [0.25, 0.3) is 5.91 Å². The summed E-state index contributed by atoms with van der Waals surface area (Å²) in [4.78, 5) is 33.5. The normalized spacial score (nSPS) is 17.0. The zero-order valence-corrected chi connectivity index (χ0v) is 17.1. The highest BCUT2D eigenvalue weighted by Crippen LogP contribution is 2.22. The molecule has 2 aromatic carbocycles. The fourth-order valence-corrected chi connectivity index (χ4v) is 3.86. The highest BCUT2D eigenvalue weighted by Gasteiger charge is 2.31.